The first-order valence-corrected chi connectivity index (χ1v) is 12.0. The van der Waals surface area contributed by atoms with E-state index in [2.05, 4.69) is 5.32 Å². The number of hydrogen-bond acceptors (Lipinski definition) is 6. The largest absolute Gasteiger partial charge is 0.493 e. The molecule has 0 aliphatic heterocycles. The molecule has 3 aromatic rings. The van der Waals surface area contributed by atoms with E-state index in [1.165, 1.54) is 32.4 Å². The van der Waals surface area contributed by atoms with Crippen molar-refractivity contribution in [2.75, 3.05) is 36.6 Å². The van der Waals surface area contributed by atoms with Crippen molar-refractivity contribution in [1.29, 1.82) is 0 Å². The molecular formula is C23H23ClN2O6S. The second kappa shape index (κ2) is 10.5. The molecule has 33 heavy (non-hydrogen) atoms. The number of para-hydroxylation sites is 1. The minimum Gasteiger partial charge on any atom is -0.493 e. The van der Waals surface area contributed by atoms with Crippen LogP contribution in [-0.2, 0) is 14.8 Å². The van der Waals surface area contributed by atoms with Gasteiger partial charge in [-0.3, -0.25) is 9.10 Å². The van der Waals surface area contributed by atoms with Crippen molar-refractivity contribution < 1.29 is 27.4 Å². The molecule has 8 nitrogen and oxygen atoms in total. The topological polar surface area (TPSA) is 94.2 Å². The number of carbonyl (C=O) groups excluding carboxylic acids is 1. The summed E-state index contributed by atoms with van der Waals surface area (Å²) in [6.45, 7) is -0.481. The molecule has 0 heterocycles. The maximum Gasteiger partial charge on any atom is 0.245 e. The Morgan fingerprint density at radius 3 is 2.24 bits per heavy atom. The quantitative estimate of drug-likeness (QED) is 0.472. The second-order valence-electron chi connectivity index (χ2n) is 6.91. The number of anilines is 2. The lowest BCUT2D eigenvalue weighted by Crippen LogP contribution is -2.37. The normalized spacial score (nSPS) is 10.9. The van der Waals surface area contributed by atoms with E-state index >= 15 is 0 Å². The Morgan fingerprint density at radius 1 is 0.939 bits per heavy atom. The van der Waals surface area contributed by atoms with Gasteiger partial charge in [0.2, 0.25) is 15.9 Å². The molecule has 0 aromatic heterocycles. The number of nitrogens with zero attached hydrogens (tertiary/aromatic N) is 1. The molecule has 0 spiro atoms. The molecule has 10 heteroatoms. The molecule has 0 saturated heterocycles. The first kappa shape index (κ1) is 24.2. The molecule has 0 aliphatic carbocycles. The predicted molar refractivity (Wildman–Crippen MR) is 128 cm³/mol. The van der Waals surface area contributed by atoms with Crippen LogP contribution in [-0.4, -0.2) is 41.3 Å². The number of carbonyl (C=O) groups is 1. The summed E-state index contributed by atoms with van der Waals surface area (Å²) in [4.78, 5) is 12.9. The summed E-state index contributed by atoms with van der Waals surface area (Å²) in [6.07, 6.45) is 1.01. The number of rotatable bonds is 9. The summed E-state index contributed by atoms with van der Waals surface area (Å²) < 4.78 is 42.2. The smallest absolute Gasteiger partial charge is 0.245 e. The Bertz CT molecular complexity index is 1230. The van der Waals surface area contributed by atoms with Gasteiger partial charge in [-0.05, 0) is 42.5 Å². The molecule has 0 aliphatic rings. The highest BCUT2D eigenvalue weighted by molar-refractivity contribution is 7.92. The lowest BCUT2D eigenvalue weighted by Gasteiger charge is -2.23. The Labute approximate surface area is 197 Å². The maximum atomic E-state index is 12.9. The molecule has 3 aromatic carbocycles. The molecule has 174 valence electrons. The molecule has 0 radical (unpaired) electrons. The van der Waals surface area contributed by atoms with Gasteiger partial charge in [0, 0.05) is 11.1 Å². The van der Waals surface area contributed by atoms with Crippen molar-refractivity contribution in [3.8, 4) is 23.0 Å². The molecular weight excluding hydrogens is 468 g/mol. The van der Waals surface area contributed by atoms with Crippen LogP contribution in [0.25, 0.3) is 0 Å². The van der Waals surface area contributed by atoms with Crippen molar-refractivity contribution >= 4 is 38.9 Å². The first-order chi connectivity index (χ1) is 15.7. The average molecular weight is 491 g/mol. The predicted octanol–water partition coefficient (Wildman–Crippen LogP) is 4.55. The minimum absolute atomic E-state index is 0.247. The summed E-state index contributed by atoms with van der Waals surface area (Å²) in [6, 6.07) is 18.4. The van der Waals surface area contributed by atoms with Crippen LogP contribution in [0, 0.1) is 0 Å². The fraction of sp³-hybridized carbons (Fsp3) is 0.174. The summed E-state index contributed by atoms with van der Waals surface area (Å²) in [5.74, 6) is 1.10. The van der Waals surface area contributed by atoms with Gasteiger partial charge in [0.15, 0.2) is 17.2 Å². The summed E-state index contributed by atoms with van der Waals surface area (Å²) in [7, 11) is -0.889. The third kappa shape index (κ3) is 6.30. The van der Waals surface area contributed by atoms with Gasteiger partial charge in [-0.2, -0.15) is 0 Å². The highest BCUT2D eigenvalue weighted by Gasteiger charge is 2.23. The fourth-order valence-corrected chi connectivity index (χ4v) is 4.02. The number of methoxy groups -OCH3 is 2. The minimum atomic E-state index is -3.80. The summed E-state index contributed by atoms with van der Waals surface area (Å²) >= 11 is 6.10. The number of sulfonamides is 1. The van der Waals surface area contributed by atoms with E-state index in [1.54, 1.807) is 30.3 Å². The number of halogens is 1. The monoisotopic (exact) mass is 490 g/mol. The highest BCUT2D eigenvalue weighted by atomic mass is 35.5. The Morgan fingerprint density at radius 2 is 1.61 bits per heavy atom. The molecule has 0 fully saturated rings. The molecule has 3 rings (SSSR count). The SMILES string of the molecule is COc1ccc(N(CC(=O)Nc2cc(Cl)ccc2Oc2ccccc2)S(C)(=O)=O)cc1OC. The first-order valence-electron chi connectivity index (χ1n) is 9.73. The van der Waals surface area contributed by atoms with Gasteiger partial charge in [-0.15, -0.1) is 0 Å². The van der Waals surface area contributed by atoms with Crippen LogP contribution in [0.3, 0.4) is 0 Å². The van der Waals surface area contributed by atoms with Crippen LogP contribution in [0.2, 0.25) is 5.02 Å². The van der Waals surface area contributed by atoms with E-state index < -0.39 is 22.5 Å². The second-order valence-corrected chi connectivity index (χ2v) is 9.26. The number of ether oxygens (including phenoxy) is 3. The van der Waals surface area contributed by atoms with Gasteiger partial charge in [-0.1, -0.05) is 29.8 Å². The third-order valence-electron chi connectivity index (χ3n) is 4.53. The van der Waals surface area contributed by atoms with Crippen LogP contribution in [0.1, 0.15) is 0 Å². The zero-order chi connectivity index (χ0) is 24.0. The molecule has 1 N–H and O–H groups in total. The molecule has 0 bridgehead atoms. The summed E-state index contributed by atoms with van der Waals surface area (Å²) in [5, 5.41) is 3.06. The van der Waals surface area contributed by atoms with Crippen molar-refractivity contribution in [3.05, 3.63) is 71.8 Å². The standard InChI is InChI=1S/C23H23ClN2O6S/c1-30-21-12-10-17(14-22(21)31-2)26(33(3,28)29)15-23(27)25-19-13-16(24)9-11-20(19)32-18-7-5-4-6-8-18/h4-14H,15H2,1-3H3,(H,25,27). The van der Waals surface area contributed by atoms with Crippen LogP contribution in [0.4, 0.5) is 11.4 Å². The van der Waals surface area contributed by atoms with Gasteiger partial charge >= 0.3 is 0 Å². The van der Waals surface area contributed by atoms with Crippen molar-refractivity contribution in [2.45, 2.75) is 0 Å². The van der Waals surface area contributed by atoms with Crippen molar-refractivity contribution in [1.82, 2.24) is 0 Å². The highest BCUT2D eigenvalue weighted by Crippen LogP contribution is 2.34. The Balaban J connectivity index is 1.85. The van der Waals surface area contributed by atoms with Crippen LogP contribution in [0.15, 0.2) is 66.7 Å². The van der Waals surface area contributed by atoms with E-state index in [1.807, 2.05) is 18.2 Å². The van der Waals surface area contributed by atoms with Gasteiger partial charge in [0.05, 0.1) is 31.9 Å². The van der Waals surface area contributed by atoms with Gasteiger partial charge in [0.1, 0.15) is 12.3 Å². The number of nitrogens with one attached hydrogen (secondary N) is 1. The lowest BCUT2D eigenvalue weighted by atomic mass is 10.2. The zero-order valence-corrected chi connectivity index (χ0v) is 19.8. The maximum absolute atomic E-state index is 12.9. The van der Waals surface area contributed by atoms with Gasteiger partial charge < -0.3 is 19.5 Å². The third-order valence-corrected chi connectivity index (χ3v) is 5.91. The molecule has 0 atom stereocenters. The molecule has 0 saturated carbocycles. The fourth-order valence-electron chi connectivity index (χ4n) is 3.00. The number of amides is 1. The van der Waals surface area contributed by atoms with E-state index in [4.69, 9.17) is 25.8 Å². The van der Waals surface area contributed by atoms with E-state index in [0.717, 1.165) is 10.6 Å². The van der Waals surface area contributed by atoms with E-state index in [-0.39, 0.29) is 5.69 Å². The Kier molecular flexibility index (Phi) is 7.67. The van der Waals surface area contributed by atoms with Crippen LogP contribution < -0.4 is 23.8 Å². The average Bonchev–Trinajstić information content (AvgIpc) is 2.79. The molecule has 0 unspecified atom stereocenters. The van der Waals surface area contributed by atoms with Crippen LogP contribution in [0.5, 0.6) is 23.0 Å². The van der Waals surface area contributed by atoms with E-state index in [9.17, 15) is 13.2 Å². The number of benzene rings is 3. The van der Waals surface area contributed by atoms with Crippen LogP contribution >= 0.6 is 11.6 Å². The lowest BCUT2D eigenvalue weighted by molar-refractivity contribution is -0.114. The Hall–Kier alpha value is -3.43. The van der Waals surface area contributed by atoms with E-state index in [0.29, 0.717) is 33.7 Å². The summed E-state index contributed by atoms with van der Waals surface area (Å²) in [5.41, 5.74) is 0.550. The zero-order valence-electron chi connectivity index (χ0n) is 18.2. The van der Waals surface area contributed by atoms with Crippen molar-refractivity contribution in [2.24, 2.45) is 0 Å². The molecule has 1 amide bonds. The number of hydrogen-bond donors (Lipinski definition) is 1. The van der Waals surface area contributed by atoms with Gasteiger partial charge in [0.25, 0.3) is 0 Å². The van der Waals surface area contributed by atoms with Gasteiger partial charge in [-0.25, -0.2) is 8.42 Å². The van der Waals surface area contributed by atoms with Crippen molar-refractivity contribution in [3.63, 3.8) is 0 Å².